The van der Waals surface area contributed by atoms with E-state index in [9.17, 15) is 5.11 Å². The summed E-state index contributed by atoms with van der Waals surface area (Å²) in [5, 5.41) is 13.2. The second-order valence-electron chi connectivity index (χ2n) is 6.65. The van der Waals surface area contributed by atoms with Crippen LogP contribution in [0.25, 0.3) is 5.57 Å². The number of para-hydroxylation sites is 1. The Kier molecular flexibility index (Phi) is 3.45. The van der Waals surface area contributed by atoms with Crippen LogP contribution in [-0.2, 0) is 0 Å². The van der Waals surface area contributed by atoms with E-state index in [1.165, 1.54) is 0 Å². The van der Waals surface area contributed by atoms with Crippen molar-refractivity contribution >= 4 is 11.8 Å². The van der Waals surface area contributed by atoms with Gasteiger partial charge in [0.15, 0.2) is 0 Å². The van der Waals surface area contributed by atoms with Crippen LogP contribution in [0.1, 0.15) is 19.3 Å². The van der Waals surface area contributed by atoms with E-state index in [0.717, 1.165) is 42.0 Å². The Morgan fingerprint density at radius 1 is 1.32 bits per heavy atom. The van der Waals surface area contributed by atoms with Crippen molar-refractivity contribution in [1.82, 2.24) is 0 Å². The number of aliphatic hydroxyl groups excluding tert-OH is 1. The van der Waals surface area contributed by atoms with E-state index in [2.05, 4.69) is 23.9 Å². The number of hydrogen-bond donors (Lipinski definition) is 1. The first-order valence-electron chi connectivity index (χ1n) is 8.24. The fraction of sp³-hybridized carbons (Fsp3) is 0.474. The van der Waals surface area contributed by atoms with Crippen molar-refractivity contribution in [3.8, 4) is 0 Å². The molecule has 4 rings (SSSR count). The molecule has 0 aromatic heterocycles. The summed E-state index contributed by atoms with van der Waals surface area (Å²) in [6.45, 7) is 4.77. The molecular weight excluding hydrogens is 272 g/mol. The number of hydrogen-bond acceptors (Lipinski definition) is 3. The molecule has 0 saturated heterocycles. The minimum absolute atomic E-state index is 0.199. The van der Waals surface area contributed by atoms with Gasteiger partial charge in [0.25, 0.3) is 0 Å². The maximum absolute atomic E-state index is 11.1. The summed E-state index contributed by atoms with van der Waals surface area (Å²) in [6.07, 6.45) is 6.62. The molecule has 1 N–H and O–H groups in total. The topological polar surface area (TPSA) is 45.0 Å². The predicted octanol–water partition coefficient (Wildman–Crippen LogP) is 1.50. The summed E-state index contributed by atoms with van der Waals surface area (Å²) >= 11 is 0. The number of aliphatic imine (C=N–C) groups is 1. The van der Waals surface area contributed by atoms with Crippen molar-refractivity contribution in [2.45, 2.75) is 31.4 Å². The lowest BCUT2D eigenvalue weighted by Crippen LogP contribution is -2.39. The average Bonchev–Trinajstić information content (AvgIpc) is 2.77. The summed E-state index contributed by atoms with van der Waals surface area (Å²) in [5.41, 5.74) is 1.15. The quantitative estimate of drug-likeness (QED) is 0.844. The van der Waals surface area contributed by atoms with E-state index in [1.54, 1.807) is 0 Å². The standard InChI is InChI=1S/C19H22N2O/c1-2-13-12-7-9-21-18(13)16(11-12)19(22)15-8-10-20-17-6-4-3-5-14(15)17/h2-6,9,12-13,16,18-19,22H,1,7-8,10-11H2/t12-,13-,16-,18+,19-/m1/s1. The molecule has 0 amide bonds. The van der Waals surface area contributed by atoms with Crippen molar-refractivity contribution in [2.24, 2.45) is 27.7 Å². The smallest absolute Gasteiger partial charge is 0.0809 e. The Morgan fingerprint density at radius 2 is 2.18 bits per heavy atom. The molecule has 3 aliphatic rings. The van der Waals surface area contributed by atoms with Crippen LogP contribution in [0.2, 0.25) is 0 Å². The first-order valence-corrected chi connectivity index (χ1v) is 8.24. The number of aliphatic hydroxyl groups is 1. The first-order chi connectivity index (χ1) is 10.8. The molecule has 1 aliphatic carbocycles. The number of rotatable bonds is 3. The number of nitrogens with zero attached hydrogens (tertiary/aromatic N) is 2. The fourth-order valence-electron chi connectivity index (χ4n) is 4.52. The van der Waals surface area contributed by atoms with Crippen LogP contribution >= 0.6 is 0 Å². The molecular formula is C19H22N2O. The molecule has 0 radical (unpaired) electrons. The van der Waals surface area contributed by atoms with Crippen molar-refractivity contribution in [2.75, 3.05) is 6.54 Å². The van der Waals surface area contributed by atoms with Gasteiger partial charge >= 0.3 is 0 Å². The molecule has 1 aromatic carbocycles. The highest BCUT2D eigenvalue weighted by Gasteiger charge is 2.46. The van der Waals surface area contributed by atoms with Gasteiger partial charge in [-0.05, 0) is 43.0 Å². The molecule has 5 atom stereocenters. The molecule has 0 unspecified atom stereocenters. The van der Waals surface area contributed by atoms with Gasteiger partial charge in [0.05, 0.1) is 17.5 Å². The van der Waals surface area contributed by atoms with Gasteiger partial charge in [0.2, 0.25) is 0 Å². The van der Waals surface area contributed by atoms with Crippen molar-refractivity contribution in [1.29, 1.82) is 0 Å². The maximum atomic E-state index is 11.1. The summed E-state index contributed by atoms with van der Waals surface area (Å²) in [4.78, 5) is 9.27. The van der Waals surface area contributed by atoms with Gasteiger partial charge in [-0.25, -0.2) is 0 Å². The predicted molar refractivity (Wildman–Crippen MR) is 88.3 cm³/mol. The van der Waals surface area contributed by atoms with E-state index >= 15 is 0 Å². The SMILES string of the molecule is C=C[C@@H]1[C@@H]2CC=N[C@@H]1[C@H]([C@H](O)C1=c3ccccc3=NCC1)C2. The normalized spacial score (nSPS) is 34.0. The van der Waals surface area contributed by atoms with Crippen LogP contribution in [0.15, 0.2) is 46.9 Å². The van der Waals surface area contributed by atoms with Crippen molar-refractivity contribution in [3.05, 3.63) is 47.5 Å². The van der Waals surface area contributed by atoms with Gasteiger partial charge in [-0.2, -0.15) is 0 Å². The molecule has 1 saturated carbocycles. The zero-order valence-electron chi connectivity index (χ0n) is 12.7. The van der Waals surface area contributed by atoms with E-state index in [4.69, 9.17) is 4.99 Å². The molecule has 2 bridgehead atoms. The summed E-state index contributed by atoms with van der Waals surface area (Å²) in [5.74, 6) is 1.24. The molecule has 1 fully saturated rings. The van der Waals surface area contributed by atoms with Crippen LogP contribution < -0.4 is 10.6 Å². The lowest BCUT2D eigenvalue weighted by atomic mass is 9.86. The summed E-state index contributed by atoms with van der Waals surface area (Å²) < 4.78 is 0. The van der Waals surface area contributed by atoms with Gasteiger partial charge in [0, 0.05) is 23.6 Å². The highest BCUT2D eigenvalue weighted by atomic mass is 16.3. The molecule has 2 heterocycles. The van der Waals surface area contributed by atoms with Crippen LogP contribution in [0.3, 0.4) is 0 Å². The third-order valence-corrected chi connectivity index (χ3v) is 5.59. The van der Waals surface area contributed by atoms with E-state index in [-0.39, 0.29) is 12.0 Å². The molecule has 114 valence electrons. The van der Waals surface area contributed by atoms with Gasteiger partial charge in [-0.1, -0.05) is 24.3 Å². The van der Waals surface area contributed by atoms with Gasteiger partial charge < -0.3 is 5.11 Å². The van der Waals surface area contributed by atoms with E-state index in [0.29, 0.717) is 11.8 Å². The second-order valence-corrected chi connectivity index (χ2v) is 6.65. The minimum atomic E-state index is -0.413. The largest absolute Gasteiger partial charge is 0.388 e. The molecule has 3 nitrogen and oxygen atoms in total. The lowest BCUT2D eigenvalue weighted by Gasteiger charge is -2.28. The van der Waals surface area contributed by atoms with E-state index in [1.807, 2.05) is 24.3 Å². The Hall–Kier alpha value is -1.74. The maximum Gasteiger partial charge on any atom is 0.0809 e. The van der Waals surface area contributed by atoms with Crippen LogP contribution in [-0.4, -0.2) is 30.0 Å². The molecule has 0 spiro atoms. The van der Waals surface area contributed by atoms with Gasteiger partial charge in [-0.3, -0.25) is 9.98 Å². The lowest BCUT2D eigenvalue weighted by molar-refractivity contribution is 0.148. The third-order valence-electron chi connectivity index (χ3n) is 5.59. The molecule has 22 heavy (non-hydrogen) atoms. The Balaban J connectivity index is 1.74. The fourth-order valence-corrected chi connectivity index (χ4v) is 4.52. The highest BCUT2D eigenvalue weighted by molar-refractivity contribution is 5.61. The number of fused-ring (bicyclic) bond motifs is 3. The van der Waals surface area contributed by atoms with Crippen molar-refractivity contribution in [3.63, 3.8) is 0 Å². The van der Waals surface area contributed by atoms with E-state index < -0.39 is 6.10 Å². The van der Waals surface area contributed by atoms with Crippen LogP contribution in [0.5, 0.6) is 0 Å². The highest BCUT2D eigenvalue weighted by Crippen LogP contribution is 2.46. The Bertz CT molecular complexity index is 736. The Morgan fingerprint density at radius 3 is 3.00 bits per heavy atom. The first kappa shape index (κ1) is 13.9. The molecule has 2 aliphatic heterocycles. The zero-order chi connectivity index (χ0) is 15.1. The minimum Gasteiger partial charge on any atom is -0.388 e. The summed E-state index contributed by atoms with van der Waals surface area (Å²) in [6, 6.07) is 8.37. The van der Waals surface area contributed by atoms with Gasteiger partial charge in [0.1, 0.15) is 0 Å². The second kappa shape index (κ2) is 5.47. The van der Waals surface area contributed by atoms with Crippen molar-refractivity contribution < 1.29 is 5.11 Å². The average molecular weight is 294 g/mol. The molecule has 3 heteroatoms. The van der Waals surface area contributed by atoms with Gasteiger partial charge in [-0.15, -0.1) is 6.58 Å². The Labute approximate surface area is 130 Å². The number of benzene rings is 1. The molecule has 1 aromatic rings. The van der Waals surface area contributed by atoms with Crippen LogP contribution in [0.4, 0.5) is 0 Å². The third kappa shape index (κ3) is 2.07. The zero-order valence-corrected chi connectivity index (χ0v) is 12.7. The van der Waals surface area contributed by atoms with Crippen LogP contribution in [0, 0.1) is 17.8 Å². The summed E-state index contributed by atoms with van der Waals surface area (Å²) in [7, 11) is 0. The monoisotopic (exact) mass is 294 g/mol.